The number of hydrogen-bond acceptors (Lipinski definition) is 4. The third kappa shape index (κ3) is 3.22. The van der Waals surface area contributed by atoms with Crippen LogP contribution in [0.4, 0.5) is 0 Å². The number of carbonyl (C=O) groups excluding carboxylic acids is 2. The predicted molar refractivity (Wildman–Crippen MR) is 70.5 cm³/mol. The lowest BCUT2D eigenvalue weighted by molar-refractivity contribution is -0.165. The maximum atomic E-state index is 11.6. The fourth-order valence-corrected chi connectivity index (χ4v) is 1.56. The summed E-state index contributed by atoms with van der Waals surface area (Å²) < 4.78 is 10.3. The van der Waals surface area contributed by atoms with E-state index in [2.05, 4.69) is 0 Å². The lowest BCUT2D eigenvalue weighted by Gasteiger charge is -2.14. The van der Waals surface area contributed by atoms with Crippen molar-refractivity contribution < 1.29 is 18.7 Å². The van der Waals surface area contributed by atoms with E-state index in [1.54, 1.807) is 26.8 Å². The van der Waals surface area contributed by atoms with Gasteiger partial charge in [0.1, 0.15) is 17.8 Å². The highest BCUT2D eigenvalue weighted by molar-refractivity contribution is 5.89. The quantitative estimate of drug-likeness (QED) is 0.615. The molecule has 100 valence electrons. The molecular formula is C15H16O4. The molecule has 0 fully saturated rings. The molecule has 0 saturated carbocycles. The molecule has 0 aliphatic rings. The Bertz CT molecular complexity index is 583. The topological polar surface area (TPSA) is 56.5 Å². The van der Waals surface area contributed by atoms with Gasteiger partial charge in [-0.05, 0) is 32.9 Å². The Balaban J connectivity index is 2.05. The van der Waals surface area contributed by atoms with Gasteiger partial charge in [0.15, 0.2) is 0 Å². The summed E-state index contributed by atoms with van der Waals surface area (Å²) in [6, 6.07) is 9.25. The molecule has 0 bridgehead atoms. The molecule has 19 heavy (non-hydrogen) atoms. The van der Waals surface area contributed by atoms with E-state index in [-0.39, 0.29) is 6.42 Å². The van der Waals surface area contributed by atoms with Crippen molar-refractivity contribution in [2.45, 2.75) is 27.2 Å². The molecule has 1 aromatic carbocycles. The van der Waals surface area contributed by atoms with E-state index < -0.39 is 17.4 Å². The minimum atomic E-state index is -0.691. The normalized spacial score (nSPS) is 11.5. The average molecular weight is 260 g/mol. The van der Waals surface area contributed by atoms with Gasteiger partial charge in [-0.1, -0.05) is 18.2 Å². The summed E-state index contributed by atoms with van der Waals surface area (Å²) in [5, 5.41) is 0.924. The molecule has 0 N–H and O–H groups in total. The lowest BCUT2D eigenvalue weighted by atomic mass is 9.97. The van der Waals surface area contributed by atoms with Gasteiger partial charge >= 0.3 is 11.9 Å². The van der Waals surface area contributed by atoms with Crippen LogP contribution in [0.15, 0.2) is 34.7 Å². The van der Waals surface area contributed by atoms with Crippen LogP contribution in [0.1, 0.15) is 26.5 Å². The summed E-state index contributed by atoms with van der Waals surface area (Å²) >= 11 is 0. The highest BCUT2D eigenvalue weighted by Crippen LogP contribution is 2.20. The van der Waals surface area contributed by atoms with Crippen molar-refractivity contribution in [1.82, 2.24) is 0 Å². The molecule has 1 aromatic heterocycles. The summed E-state index contributed by atoms with van der Waals surface area (Å²) in [4.78, 5) is 23.2. The maximum absolute atomic E-state index is 11.6. The number of para-hydroxylation sites is 1. The summed E-state index contributed by atoms with van der Waals surface area (Å²) in [6.07, 6.45) is -0.0451. The van der Waals surface area contributed by atoms with Crippen molar-refractivity contribution in [3.05, 3.63) is 36.1 Å². The first kappa shape index (κ1) is 13.3. The Labute approximate surface area is 111 Å². The first-order chi connectivity index (χ1) is 8.86. The molecule has 0 amide bonds. The van der Waals surface area contributed by atoms with Gasteiger partial charge < -0.3 is 9.15 Å². The third-order valence-electron chi connectivity index (χ3n) is 2.61. The second-order valence-electron chi connectivity index (χ2n) is 5.44. The Morgan fingerprint density at radius 1 is 1.21 bits per heavy atom. The van der Waals surface area contributed by atoms with Gasteiger partial charge in [0, 0.05) is 5.39 Å². The predicted octanol–water partition coefficient (Wildman–Crippen LogP) is 3.09. The highest BCUT2D eigenvalue weighted by Gasteiger charge is 2.26. The zero-order valence-corrected chi connectivity index (χ0v) is 11.2. The number of ether oxygens (including phenoxy) is 1. The van der Waals surface area contributed by atoms with Gasteiger partial charge in [0.2, 0.25) is 0 Å². The maximum Gasteiger partial charge on any atom is 0.321 e. The van der Waals surface area contributed by atoms with E-state index >= 15 is 0 Å². The number of esters is 2. The first-order valence-corrected chi connectivity index (χ1v) is 6.09. The molecule has 0 atom stereocenters. The van der Waals surface area contributed by atoms with Crippen molar-refractivity contribution >= 4 is 22.9 Å². The van der Waals surface area contributed by atoms with Crippen LogP contribution in [-0.2, 0) is 20.7 Å². The van der Waals surface area contributed by atoms with Crippen molar-refractivity contribution in [3.63, 3.8) is 0 Å². The number of rotatable bonds is 2. The number of fused-ring (bicyclic) bond motifs is 1. The largest absolute Gasteiger partial charge is 0.460 e. The standard InChI is InChI=1S/C15H16O4/c1-15(2,3)14(17)19-13(16)9-11-8-10-6-4-5-7-12(10)18-11/h4-8H,9H2,1-3H3. The minimum absolute atomic E-state index is 0.0451. The molecule has 1 heterocycles. The van der Waals surface area contributed by atoms with Gasteiger partial charge in [-0.2, -0.15) is 0 Å². The van der Waals surface area contributed by atoms with Crippen molar-refractivity contribution in [3.8, 4) is 0 Å². The van der Waals surface area contributed by atoms with Crippen LogP contribution in [-0.4, -0.2) is 11.9 Å². The molecule has 2 aromatic rings. The second-order valence-corrected chi connectivity index (χ2v) is 5.44. The molecule has 0 radical (unpaired) electrons. The van der Waals surface area contributed by atoms with Crippen LogP contribution in [0.2, 0.25) is 0 Å². The average Bonchev–Trinajstić information content (AvgIpc) is 2.69. The summed E-state index contributed by atoms with van der Waals surface area (Å²) in [7, 11) is 0. The number of benzene rings is 1. The molecule has 0 saturated heterocycles. The zero-order chi connectivity index (χ0) is 14.0. The SMILES string of the molecule is CC(C)(C)C(=O)OC(=O)Cc1cc2ccccc2o1. The Kier molecular flexibility index (Phi) is 3.42. The number of furan rings is 1. The fraction of sp³-hybridized carbons (Fsp3) is 0.333. The summed E-state index contributed by atoms with van der Waals surface area (Å²) in [5.41, 5.74) is 0.0243. The molecule has 0 aliphatic heterocycles. The molecule has 0 aliphatic carbocycles. The lowest BCUT2D eigenvalue weighted by Crippen LogP contribution is -2.26. The highest BCUT2D eigenvalue weighted by atomic mass is 16.6. The zero-order valence-electron chi connectivity index (χ0n) is 11.2. The smallest absolute Gasteiger partial charge is 0.321 e. The van der Waals surface area contributed by atoms with Crippen molar-refractivity contribution in [2.24, 2.45) is 5.41 Å². The van der Waals surface area contributed by atoms with Crippen LogP contribution in [0.25, 0.3) is 11.0 Å². The van der Waals surface area contributed by atoms with E-state index in [9.17, 15) is 9.59 Å². The second kappa shape index (κ2) is 4.88. The van der Waals surface area contributed by atoms with Gasteiger partial charge in [-0.15, -0.1) is 0 Å². The van der Waals surface area contributed by atoms with Crippen LogP contribution in [0.3, 0.4) is 0 Å². The molecule has 4 nitrogen and oxygen atoms in total. The third-order valence-corrected chi connectivity index (χ3v) is 2.61. The number of hydrogen-bond donors (Lipinski definition) is 0. The van der Waals surface area contributed by atoms with Gasteiger partial charge in [0.25, 0.3) is 0 Å². The van der Waals surface area contributed by atoms with Crippen LogP contribution in [0, 0.1) is 5.41 Å². The Morgan fingerprint density at radius 3 is 2.53 bits per heavy atom. The van der Waals surface area contributed by atoms with Crippen molar-refractivity contribution in [2.75, 3.05) is 0 Å². The van der Waals surface area contributed by atoms with Crippen LogP contribution < -0.4 is 0 Å². The Morgan fingerprint density at radius 2 is 1.89 bits per heavy atom. The number of carbonyl (C=O) groups is 2. The van der Waals surface area contributed by atoms with E-state index in [0.29, 0.717) is 11.3 Å². The first-order valence-electron chi connectivity index (χ1n) is 6.09. The summed E-state index contributed by atoms with van der Waals surface area (Å²) in [6.45, 7) is 5.09. The van der Waals surface area contributed by atoms with Crippen LogP contribution in [0.5, 0.6) is 0 Å². The van der Waals surface area contributed by atoms with Crippen LogP contribution >= 0.6 is 0 Å². The van der Waals surface area contributed by atoms with E-state index in [1.165, 1.54) is 0 Å². The molecule has 0 spiro atoms. The van der Waals surface area contributed by atoms with Gasteiger partial charge in [-0.3, -0.25) is 9.59 Å². The fourth-order valence-electron chi connectivity index (χ4n) is 1.56. The molecule has 2 rings (SSSR count). The van der Waals surface area contributed by atoms with E-state index in [4.69, 9.17) is 9.15 Å². The van der Waals surface area contributed by atoms with Crippen molar-refractivity contribution in [1.29, 1.82) is 0 Å². The van der Waals surface area contributed by atoms with E-state index in [0.717, 1.165) is 5.39 Å². The summed E-state index contributed by atoms with van der Waals surface area (Å²) in [5.74, 6) is -0.638. The minimum Gasteiger partial charge on any atom is -0.460 e. The van der Waals surface area contributed by atoms with E-state index in [1.807, 2.05) is 24.3 Å². The van der Waals surface area contributed by atoms with Gasteiger partial charge in [0.05, 0.1) is 5.41 Å². The van der Waals surface area contributed by atoms with Gasteiger partial charge in [-0.25, -0.2) is 0 Å². The molecular weight excluding hydrogens is 244 g/mol. The monoisotopic (exact) mass is 260 g/mol. The Hall–Kier alpha value is -2.10. The molecule has 4 heteroatoms. The molecule has 0 unspecified atom stereocenters.